The number of anilines is 2. The van der Waals surface area contributed by atoms with Crippen molar-refractivity contribution in [3.63, 3.8) is 0 Å². The van der Waals surface area contributed by atoms with Gasteiger partial charge in [-0.15, -0.1) is 0 Å². The Hall–Kier alpha value is -1.18. The van der Waals surface area contributed by atoms with Crippen molar-refractivity contribution in [3.05, 3.63) is 23.8 Å². The minimum atomic E-state index is 0.511. The lowest BCUT2D eigenvalue weighted by atomic mass is 9.85. The number of hydrogen-bond donors (Lipinski definition) is 1. The van der Waals surface area contributed by atoms with Crippen LogP contribution in [0.5, 0.6) is 0 Å². The number of para-hydroxylation sites is 1. The summed E-state index contributed by atoms with van der Waals surface area (Å²) in [6.07, 6.45) is 6.47. The Morgan fingerprint density at radius 1 is 1.11 bits per heavy atom. The van der Waals surface area contributed by atoms with E-state index in [1.54, 1.807) is 0 Å². The van der Waals surface area contributed by atoms with E-state index < -0.39 is 0 Å². The Bertz CT molecular complexity index is 451. The van der Waals surface area contributed by atoms with E-state index in [4.69, 9.17) is 0 Å². The monoisotopic (exact) mass is 258 g/mol. The molecule has 3 rings (SSSR count). The Labute approximate surface area is 117 Å². The number of hydrogen-bond acceptors (Lipinski definition) is 2. The fraction of sp³-hybridized carbons (Fsp3) is 0.647. The summed E-state index contributed by atoms with van der Waals surface area (Å²) in [5.41, 5.74) is 4.87. The van der Waals surface area contributed by atoms with Crippen LogP contribution in [-0.2, 0) is 6.42 Å². The van der Waals surface area contributed by atoms with Crippen molar-refractivity contribution in [3.8, 4) is 0 Å². The SMILES string of the molecule is CC1(C)CCCN(c2cccc3c2NCCC3)CC1. The van der Waals surface area contributed by atoms with Crippen LogP contribution in [0, 0.1) is 5.41 Å². The maximum absolute atomic E-state index is 3.63. The first kappa shape index (κ1) is 12.8. The van der Waals surface area contributed by atoms with Crippen LogP contribution in [0.25, 0.3) is 0 Å². The molecule has 0 spiro atoms. The van der Waals surface area contributed by atoms with E-state index in [0.29, 0.717) is 5.41 Å². The number of fused-ring (bicyclic) bond motifs is 1. The molecule has 0 saturated carbocycles. The largest absolute Gasteiger partial charge is 0.383 e. The quantitative estimate of drug-likeness (QED) is 0.817. The number of rotatable bonds is 1. The fourth-order valence-electron chi connectivity index (χ4n) is 3.42. The zero-order chi connectivity index (χ0) is 13.3. The minimum Gasteiger partial charge on any atom is -0.383 e. The summed E-state index contributed by atoms with van der Waals surface area (Å²) in [7, 11) is 0. The third-order valence-electron chi connectivity index (χ3n) is 4.73. The summed E-state index contributed by atoms with van der Waals surface area (Å²) in [6, 6.07) is 6.82. The molecular formula is C17H26N2. The fourth-order valence-corrected chi connectivity index (χ4v) is 3.42. The standard InChI is InChI=1S/C17H26N2/c1-17(2)9-5-12-19(13-10-17)15-8-3-6-14-7-4-11-18-16(14)15/h3,6,8,18H,4-5,7,9-13H2,1-2H3. The van der Waals surface area contributed by atoms with Crippen LogP contribution in [0.3, 0.4) is 0 Å². The number of nitrogens with zero attached hydrogens (tertiary/aromatic N) is 1. The third kappa shape index (κ3) is 2.72. The van der Waals surface area contributed by atoms with Gasteiger partial charge in [-0.25, -0.2) is 0 Å². The van der Waals surface area contributed by atoms with Gasteiger partial charge in [0, 0.05) is 19.6 Å². The van der Waals surface area contributed by atoms with Gasteiger partial charge in [0.2, 0.25) is 0 Å². The van der Waals surface area contributed by atoms with E-state index in [1.807, 2.05) is 0 Å². The average Bonchev–Trinajstić information content (AvgIpc) is 2.59. The maximum Gasteiger partial charge on any atom is 0.0610 e. The van der Waals surface area contributed by atoms with Gasteiger partial charge in [0.1, 0.15) is 0 Å². The second kappa shape index (κ2) is 5.07. The Balaban J connectivity index is 1.86. The van der Waals surface area contributed by atoms with Crippen LogP contribution in [-0.4, -0.2) is 19.6 Å². The van der Waals surface area contributed by atoms with E-state index in [0.717, 1.165) is 6.54 Å². The Kier molecular flexibility index (Phi) is 3.42. The van der Waals surface area contributed by atoms with Crippen molar-refractivity contribution >= 4 is 11.4 Å². The molecule has 104 valence electrons. The molecule has 2 aliphatic heterocycles. The first-order valence-corrected chi connectivity index (χ1v) is 7.76. The smallest absolute Gasteiger partial charge is 0.0610 e. The molecule has 0 aliphatic carbocycles. The van der Waals surface area contributed by atoms with Crippen LogP contribution in [0.1, 0.15) is 45.1 Å². The average molecular weight is 258 g/mol. The van der Waals surface area contributed by atoms with Crippen molar-refractivity contribution in [2.75, 3.05) is 29.9 Å². The molecule has 0 bridgehead atoms. The summed E-state index contributed by atoms with van der Waals surface area (Å²) in [4.78, 5) is 2.60. The molecule has 1 aromatic rings. The van der Waals surface area contributed by atoms with Crippen molar-refractivity contribution in [1.82, 2.24) is 0 Å². The zero-order valence-corrected chi connectivity index (χ0v) is 12.3. The molecule has 1 aromatic carbocycles. The van der Waals surface area contributed by atoms with Crippen LogP contribution in [0.2, 0.25) is 0 Å². The van der Waals surface area contributed by atoms with Gasteiger partial charge >= 0.3 is 0 Å². The van der Waals surface area contributed by atoms with E-state index in [1.165, 1.54) is 62.1 Å². The molecule has 0 atom stereocenters. The normalized spacial score (nSPS) is 22.3. The highest BCUT2D eigenvalue weighted by Crippen LogP contribution is 2.37. The van der Waals surface area contributed by atoms with Gasteiger partial charge in [-0.1, -0.05) is 26.0 Å². The molecule has 1 N–H and O–H groups in total. The number of benzene rings is 1. The van der Waals surface area contributed by atoms with Gasteiger partial charge in [-0.05, 0) is 49.1 Å². The second-order valence-corrected chi connectivity index (χ2v) is 6.85. The van der Waals surface area contributed by atoms with Gasteiger partial charge in [0.25, 0.3) is 0 Å². The highest BCUT2D eigenvalue weighted by molar-refractivity contribution is 5.74. The van der Waals surface area contributed by atoms with Crippen LogP contribution in [0.4, 0.5) is 11.4 Å². The van der Waals surface area contributed by atoms with Gasteiger partial charge in [-0.3, -0.25) is 0 Å². The summed E-state index contributed by atoms with van der Waals surface area (Å²) >= 11 is 0. The van der Waals surface area contributed by atoms with E-state index in [9.17, 15) is 0 Å². The topological polar surface area (TPSA) is 15.3 Å². The molecule has 0 aromatic heterocycles. The number of aryl methyl sites for hydroxylation is 1. The molecule has 1 fully saturated rings. The predicted molar refractivity (Wildman–Crippen MR) is 83.1 cm³/mol. The lowest BCUT2D eigenvalue weighted by Gasteiger charge is -2.30. The zero-order valence-electron chi connectivity index (χ0n) is 12.3. The first-order chi connectivity index (χ1) is 9.16. The Morgan fingerprint density at radius 3 is 2.89 bits per heavy atom. The van der Waals surface area contributed by atoms with Crippen LogP contribution < -0.4 is 10.2 Å². The molecule has 0 unspecified atom stereocenters. The van der Waals surface area contributed by atoms with Crippen molar-refractivity contribution in [2.45, 2.75) is 46.0 Å². The summed E-state index contributed by atoms with van der Waals surface area (Å²) in [5.74, 6) is 0. The molecule has 1 saturated heterocycles. The maximum atomic E-state index is 3.63. The molecule has 2 nitrogen and oxygen atoms in total. The predicted octanol–water partition coefficient (Wildman–Crippen LogP) is 4.06. The molecule has 0 radical (unpaired) electrons. The lowest BCUT2D eigenvalue weighted by Crippen LogP contribution is -2.27. The minimum absolute atomic E-state index is 0.511. The molecular weight excluding hydrogens is 232 g/mol. The highest BCUT2D eigenvalue weighted by Gasteiger charge is 2.25. The van der Waals surface area contributed by atoms with Gasteiger partial charge in [-0.2, -0.15) is 0 Å². The van der Waals surface area contributed by atoms with Crippen molar-refractivity contribution in [1.29, 1.82) is 0 Å². The highest BCUT2D eigenvalue weighted by atomic mass is 15.1. The molecule has 2 heteroatoms. The summed E-state index contributed by atoms with van der Waals surface area (Å²) in [5, 5.41) is 3.63. The molecule has 19 heavy (non-hydrogen) atoms. The summed E-state index contributed by atoms with van der Waals surface area (Å²) in [6.45, 7) is 8.36. The van der Waals surface area contributed by atoms with Crippen molar-refractivity contribution in [2.24, 2.45) is 5.41 Å². The third-order valence-corrected chi connectivity index (χ3v) is 4.73. The Morgan fingerprint density at radius 2 is 2.00 bits per heavy atom. The van der Waals surface area contributed by atoms with Gasteiger partial charge in [0.05, 0.1) is 11.4 Å². The molecule has 0 amide bonds. The first-order valence-electron chi connectivity index (χ1n) is 7.76. The second-order valence-electron chi connectivity index (χ2n) is 6.85. The summed E-state index contributed by atoms with van der Waals surface area (Å²) < 4.78 is 0. The number of nitrogens with one attached hydrogen (secondary N) is 1. The lowest BCUT2D eigenvalue weighted by molar-refractivity contribution is 0.325. The van der Waals surface area contributed by atoms with Gasteiger partial charge in [0.15, 0.2) is 0 Å². The van der Waals surface area contributed by atoms with Gasteiger partial charge < -0.3 is 10.2 Å². The molecule has 2 heterocycles. The van der Waals surface area contributed by atoms with Crippen LogP contribution >= 0.6 is 0 Å². The van der Waals surface area contributed by atoms with Crippen molar-refractivity contribution < 1.29 is 0 Å². The van der Waals surface area contributed by atoms with Crippen LogP contribution in [0.15, 0.2) is 18.2 Å². The van der Waals surface area contributed by atoms with E-state index >= 15 is 0 Å². The van der Waals surface area contributed by atoms with E-state index in [-0.39, 0.29) is 0 Å². The van der Waals surface area contributed by atoms with E-state index in [2.05, 4.69) is 42.3 Å². The molecule has 2 aliphatic rings.